The molecule has 1 N–H and O–H groups in total. The molecule has 20 heavy (non-hydrogen) atoms. The molecule has 1 unspecified atom stereocenters. The second kappa shape index (κ2) is 6.91. The van der Waals surface area contributed by atoms with Crippen molar-refractivity contribution in [2.45, 2.75) is 32.7 Å². The standard InChI is InChI=1S/C16H19ClFNO/c1-3-6-19-16(13-7-11(2)20-10-13)9-12-8-14(17)4-5-15(12)18/h4-5,7-8,10,16,19H,3,6,9H2,1-2H3. The molecule has 0 spiro atoms. The minimum absolute atomic E-state index is 0.0281. The average Bonchev–Trinajstić information content (AvgIpc) is 2.85. The SMILES string of the molecule is CCCNC(Cc1cc(Cl)ccc1F)c1coc(C)c1. The van der Waals surface area contributed by atoms with E-state index >= 15 is 0 Å². The minimum Gasteiger partial charge on any atom is -0.469 e. The molecule has 0 saturated carbocycles. The van der Waals surface area contributed by atoms with E-state index in [2.05, 4.69) is 12.2 Å². The first kappa shape index (κ1) is 15.1. The molecule has 1 atom stereocenters. The molecule has 0 saturated heterocycles. The zero-order chi connectivity index (χ0) is 14.5. The highest BCUT2D eigenvalue weighted by Crippen LogP contribution is 2.24. The topological polar surface area (TPSA) is 25.2 Å². The van der Waals surface area contributed by atoms with Crippen LogP contribution in [0.15, 0.2) is 34.9 Å². The molecule has 108 valence electrons. The molecule has 0 aliphatic rings. The molecule has 1 aromatic heterocycles. The number of benzene rings is 1. The zero-order valence-electron chi connectivity index (χ0n) is 11.7. The van der Waals surface area contributed by atoms with Crippen LogP contribution in [0.1, 0.15) is 36.3 Å². The van der Waals surface area contributed by atoms with Gasteiger partial charge in [0.15, 0.2) is 0 Å². The summed E-state index contributed by atoms with van der Waals surface area (Å²) in [4.78, 5) is 0. The summed E-state index contributed by atoms with van der Waals surface area (Å²) in [7, 11) is 0. The lowest BCUT2D eigenvalue weighted by Gasteiger charge is -2.17. The molecule has 2 nitrogen and oxygen atoms in total. The molecule has 2 aromatic rings. The van der Waals surface area contributed by atoms with Crippen LogP contribution < -0.4 is 5.32 Å². The quantitative estimate of drug-likeness (QED) is 0.838. The predicted octanol–water partition coefficient (Wildman–Crippen LogP) is 4.66. The van der Waals surface area contributed by atoms with Gasteiger partial charge in [0.05, 0.1) is 6.26 Å². The Kier molecular flexibility index (Phi) is 5.21. The summed E-state index contributed by atoms with van der Waals surface area (Å²) >= 11 is 5.95. The summed E-state index contributed by atoms with van der Waals surface area (Å²) in [5.41, 5.74) is 1.65. The first-order valence-electron chi connectivity index (χ1n) is 6.82. The maximum Gasteiger partial charge on any atom is 0.126 e. The van der Waals surface area contributed by atoms with Gasteiger partial charge >= 0.3 is 0 Å². The van der Waals surface area contributed by atoms with E-state index in [0.29, 0.717) is 17.0 Å². The smallest absolute Gasteiger partial charge is 0.126 e. The summed E-state index contributed by atoms with van der Waals surface area (Å²) in [5, 5.41) is 3.98. The number of halogens is 2. The van der Waals surface area contributed by atoms with E-state index < -0.39 is 0 Å². The maximum atomic E-state index is 13.9. The number of aryl methyl sites for hydroxylation is 1. The lowest BCUT2D eigenvalue weighted by Crippen LogP contribution is -2.24. The number of hydrogen-bond acceptors (Lipinski definition) is 2. The Morgan fingerprint density at radius 3 is 2.80 bits per heavy atom. The van der Waals surface area contributed by atoms with Crippen LogP contribution in [0.25, 0.3) is 0 Å². The van der Waals surface area contributed by atoms with Gasteiger partial charge in [-0.2, -0.15) is 0 Å². The third-order valence-electron chi connectivity index (χ3n) is 3.23. The van der Waals surface area contributed by atoms with Crippen LogP contribution in [0.4, 0.5) is 4.39 Å². The first-order chi connectivity index (χ1) is 9.60. The van der Waals surface area contributed by atoms with Crippen LogP contribution in [0.5, 0.6) is 0 Å². The molecule has 2 rings (SSSR count). The van der Waals surface area contributed by atoms with Gasteiger partial charge in [0.25, 0.3) is 0 Å². The molecule has 0 radical (unpaired) electrons. The summed E-state index contributed by atoms with van der Waals surface area (Å²) in [6.45, 7) is 4.88. The van der Waals surface area contributed by atoms with Crippen molar-refractivity contribution in [3.8, 4) is 0 Å². The Hall–Kier alpha value is -1.32. The van der Waals surface area contributed by atoms with Crippen molar-refractivity contribution in [2.75, 3.05) is 6.54 Å². The maximum absolute atomic E-state index is 13.9. The van der Waals surface area contributed by atoms with Crippen molar-refractivity contribution in [2.24, 2.45) is 0 Å². The molecule has 0 aliphatic carbocycles. The van der Waals surface area contributed by atoms with Crippen molar-refractivity contribution in [3.05, 3.63) is 58.3 Å². The van der Waals surface area contributed by atoms with Gasteiger partial charge in [0.2, 0.25) is 0 Å². The van der Waals surface area contributed by atoms with Gasteiger partial charge in [-0.15, -0.1) is 0 Å². The summed E-state index contributed by atoms with van der Waals surface area (Å²) in [6, 6.07) is 6.67. The van der Waals surface area contributed by atoms with Crippen molar-refractivity contribution >= 4 is 11.6 Å². The zero-order valence-corrected chi connectivity index (χ0v) is 12.5. The second-order valence-electron chi connectivity index (χ2n) is 4.94. The third-order valence-corrected chi connectivity index (χ3v) is 3.46. The van der Waals surface area contributed by atoms with Crippen molar-refractivity contribution in [1.82, 2.24) is 5.32 Å². The van der Waals surface area contributed by atoms with E-state index in [1.807, 2.05) is 13.0 Å². The number of hydrogen-bond donors (Lipinski definition) is 1. The van der Waals surface area contributed by atoms with Gasteiger partial charge < -0.3 is 9.73 Å². The van der Waals surface area contributed by atoms with Gasteiger partial charge in [-0.1, -0.05) is 18.5 Å². The van der Waals surface area contributed by atoms with Gasteiger partial charge in [-0.25, -0.2) is 4.39 Å². The van der Waals surface area contributed by atoms with E-state index in [4.69, 9.17) is 16.0 Å². The molecule has 0 bridgehead atoms. The molecule has 4 heteroatoms. The lowest BCUT2D eigenvalue weighted by atomic mass is 10.00. The molecule has 1 heterocycles. The molecular weight excluding hydrogens is 277 g/mol. The largest absolute Gasteiger partial charge is 0.469 e. The monoisotopic (exact) mass is 295 g/mol. The fourth-order valence-electron chi connectivity index (χ4n) is 2.19. The highest BCUT2D eigenvalue weighted by Gasteiger charge is 2.16. The Balaban J connectivity index is 2.21. The Labute approximate surface area is 123 Å². The molecular formula is C16H19ClFNO. The van der Waals surface area contributed by atoms with Crippen LogP contribution >= 0.6 is 11.6 Å². The Morgan fingerprint density at radius 1 is 1.35 bits per heavy atom. The normalized spacial score (nSPS) is 12.6. The average molecular weight is 296 g/mol. The second-order valence-corrected chi connectivity index (χ2v) is 5.37. The molecule has 0 aliphatic heterocycles. The van der Waals surface area contributed by atoms with Crippen LogP contribution in [-0.2, 0) is 6.42 Å². The fourth-order valence-corrected chi connectivity index (χ4v) is 2.39. The molecule has 0 amide bonds. The fraction of sp³-hybridized carbons (Fsp3) is 0.375. The number of nitrogens with one attached hydrogen (secondary N) is 1. The molecule has 1 aromatic carbocycles. The van der Waals surface area contributed by atoms with Gasteiger partial charge in [-0.3, -0.25) is 0 Å². The Bertz CT molecular complexity index is 567. The van der Waals surface area contributed by atoms with Gasteiger partial charge in [0.1, 0.15) is 11.6 Å². The van der Waals surface area contributed by atoms with E-state index in [1.54, 1.807) is 18.4 Å². The van der Waals surface area contributed by atoms with E-state index in [1.165, 1.54) is 6.07 Å². The summed E-state index contributed by atoms with van der Waals surface area (Å²) < 4.78 is 19.2. The van der Waals surface area contributed by atoms with Crippen LogP contribution in [0.3, 0.4) is 0 Å². The minimum atomic E-state index is -0.224. The summed E-state index contributed by atoms with van der Waals surface area (Å²) in [5.74, 6) is 0.632. The van der Waals surface area contributed by atoms with Gasteiger partial charge in [-0.05, 0) is 56.1 Å². The third kappa shape index (κ3) is 3.84. The van der Waals surface area contributed by atoms with Gasteiger partial charge in [0, 0.05) is 16.6 Å². The van der Waals surface area contributed by atoms with Crippen molar-refractivity contribution in [1.29, 1.82) is 0 Å². The number of rotatable bonds is 6. The number of furan rings is 1. The van der Waals surface area contributed by atoms with Crippen molar-refractivity contribution < 1.29 is 8.81 Å². The van der Waals surface area contributed by atoms with Crippen LogP contribution in [0.2, 0.25) is 5.02 Å². The van der Waals surface area contributed by atoms with Crippen LogP contribution in [0, 0.1) is 12.7 Å². The first-order valence-corrected chi connectivity index (χ1v) is 7.20. The summed E-state index contributed by atoms with van der Waals surface area (Å²) in [6.07, 6.45) is 3.29. The van der Waals surface area contributed by atoms with Crippen molar-refractivity contribution in [3.63, 3.8) is 0 Å². The van der Waals surface area contributed by atoms with E-state index in [-0.39, 0.29) is 11.9 Å². The lowest BCUT2D eigenvalue weighted by molar-refractivity contribution is 0.495. The van der Waals surface area contributed by atoms with E-state index in [0.717, 1.165) is 24.3 Å². The molecule has 0 fully saturated rings. The van der Waals surface area contributed by atoms with E-state index in [9.17, 15) is 4.39 Å². The Morgan fingerprint density at radius 2 is 2.15 bits per heavy atom. The highest BCUT2D eigenvalue weighted by molar-refractivity contribution is 6.30. The predicted molar refractivity (Wildman–Crippen MR) is 79.6 cm³/mol. The van der Waals surface area contributed by atoms with Crippen LogP contribution in [-0.4, -0.2) is 6.54 Å². The highest BCUT2D eigenvalue weighted by atomic mass is 35.5.